The number of hydrogen-bond acceptors (Lipinski definition) is 4. The summed E-state index contributed by atoms with van der Waals surface area (Å²) in [6.07, 6.45) is 0.394. The Labute approximate surface area is 128 Å². The lowest BCUT2D eigenvalue weighted by Gasteiger charge is -2.05. The summed E-state index contributed by atoms with van der Waals surface area (Å²) >= 11 is 0. The number of Topliss-reactive ketones (excluding diaryl/α,β-unsaturated/α-hetero) is 2. The van der Waals surface area contributed by atoms with Crippen LogP contribution in [0, 0.1) is 6.92 Å². The van der Waals surface area contributed by atoms with E-state index in [-0.39, 0.29) is 31.2 Å². The molecule has 0 amide bonds. The highest BCUT2D eigenvalue weighted by molar-refractivity contribution is 6.03. The Bertz CT molecular complexity index is 734. The fraction of sp³-hybridized carbons (Fsp3) is 0.222. The van der Waals surface area contributed by atoms with Crippen LogP contribution in [0.1, 0.15) is 39.1 Å². The highest BCUT2D eigenvalue weighted by Gasteiger charge is 2.17. The van der Waals surface area contributed by atoms with E-state index in [0.717, 1.165) is 5.56 Å². The summed E-state index contributed by atoms with van der Waals surface area (Å²) in [6, 6.07) is 12.5. The van der Waals surface area contributed by atoms with E-state index in [0.29, 0.717) is 22.6 Å². The van der Waals surface area contributed by atoms with E-state index in [1.807, 2.05) is 25.1 Å². The Morgan fingerprint density at radius 3 is 2.50 bits per heavy atom. The van der Waals surface area contributed by atoms with E-state index < -0.39 is 0 Å². The summed E-state index contributed by atoms with van der Waals surface area (Å²) in [7, 11) is 0. The van der Waals surface area contributed by atoms with Crippen LogP contribution in [-0.4, -0.2) is 18.4 Å². The largest absolute Gasteiger partial charge is 0.454 e. The zero-order valence-corrected chi connectivity index (χ0v) is 12.3. The molecule has 0 saturated heterocycles. The third-order valence-corrected chi connectivity index (χ3v) is 3.72. The maximum Gasteiger partial charge on any atom is 0.231 e. The molecular weight excluding hydrogens is 280 g/mol. The summed E-state index contributed by atoms with van der Waals surface area (Å²) in [4.78, 5) is 24.4. The van der Waals surface area contributed by atoms with Crippen LogP contribution in [0.3, 0.4) is 0 Å². The number of fused-ring (bicyclic) bond motifs is 1. The lowest BCUT2D eigenvalue weighted by atomic mass is 9.98. The predicted octanol–water partition coefficient (Wildman–Crippen LogP) is 3.57. The molecule has 0 saturated carbocycles. The molecule has 0 spiro atoms. The first kappa shape index (κ1) is 14.3. The molecule has 0 bridgehead atoms. The summed E-state index contributed by atoms with van der Waals surface area (Å²) in [5.41, 5.74) is 2.16. The lowest BCUT2D eigenvalue weighted by Crippen LogP contribution is -2.06. The Morgan fingerprint density at radius 2 is 1.68 bits per heavy atom. The number of benzene rings is 2. The van der Waals surface area contributed by atoms with Crippen LogP contribution < -0.4 is 9.47 Å². The molecular formula is C18H16O4. The zero-order chi connectivity index (χ0) is 15.5. The lowest BCUT2D eigenvalue weighted by molar-refractivity contribution is 0.0917. The van der Waals surface area contributed by atoms with Crippen LogP contribution in [0.25, 0.3) is 0 Å². The topological polar surface area (TPSA) is 52.6 Å². The third kappa shape index (κ3) is 2.86. The average Bonchev–Trinajstić information content (AvgIpc) is 3.00. The van der Waals surface area contributed by atoms with Gasteiger partial charge in [0.1, 0.15) is 0 Å². The van der Waals surface area contributed by atoms with Crippen LogP contribution in [0.15, 0.2) is 42.5 Å². The number of ketones is 2. The van der Waals surface area contributed by atoms with Gasteiger partial charge in [0.05, 0.1) is 0 Å². The molecule has 0 aliphatic carbocycles. The molecule has 1 heterocycles. The average molecular weight is 296 g/mol. The summed E-state index contributed by atoms with van der Waals surface area (Å²) in [5, 5.41) is 0. The van der Waals surface area contributed by atoms with E-state index >= 15 is 0 Å². The molecule has 1 aliphatic rings. The monoisotopic (exact) mass is 296 g/mol. The zero-order valence-electron chi connectivity index (χ0n) is 12.3. The Morgan fingerprint density at radius 1 is 0.955 bits per heavy atom. The number of ether oxygens (including phenoxy) is 2. The van der Waals surface area contributed by atoms with Crippen LogP contribution in [0.2, 0.25) is 0 Å². The smallest absolute Gasteiger partial charge is 0.231 e. The van der Waals surface area contributed by atoms with Gasteiger partial charge in [-0.25, -0.2) is 0 Å². The fourth-order valence-electron chi connectivity index (χ4n) is 2.46. The first-order valence-corrected chi connectivity index (χ1v) is 7.17. The van der Waals surface area contributed by atoms with Crippen molar-refractivity contribution in [1.29, 1.82) is 0 Å². The van der Waals surface area contributed by atoms with Crippen molar-refractivity contribution in [2.75, 3.05) is 6.79 Å². The molecule has 0 atom stereocenters. The Kier molecular flexibility index (Phi) is 3.92. The standard InChI is InChI=1S/C18H16O4/c1-12-4-2-3-5-14(12)16(20)8-7-15(19)13-6-9-17-18(10-13)22-11-21-17/h2-6,9-10H,7-8,11H2,1H3. The molecule has 2 aromatic carbocycles. The van der Waals surface area contributed by atoms with Gasteiger partial charge in [-0.3, -0.25) is 9.59 Å². The van der Waals surface area contributed by atoms with Crippen molar-refractivity contribution in [2.45, 2.75) is 19.8 Å². The fourth-order valence-corrected chi connectivity index (χ4v) is 2.46. The van der Waals surface area contributed by atoms with Crippen molar-refractivity contribution in [2.24, 2.45) is 0 Å². The second-order valence-electron chi connectivity index (χ2n) is 5.23. The molecule has 0 unspecified atom stereocenters. The van der Waals surface area contributed by atoms with Gasteiger partial charge in [-0.1, -0.05) is 24.3 Å². The highest BCUT2D eigenvalue weighted by Crippen LogP contribution is 2.32. The van der Waals surface area contributed by atoms with Crippen molar-refractivity contribution in [3.63, 3.8) is 0 Å². The second-order valence-corrected chi connectivity index (χ2v) is 5.23. The van der Waals surface area contributed by atoms with Gasteiger partial charge in [0.15, 0.2) is 23.1 Å². The molecule has 1 aliphatic heterocycles. The van der Waals surface area contributed by atoms with E-state index in [2.05, 4.69) is 0 Å². The van der Waals surface area contributed by atoms with Gasteiger partial charge in [-0.2, -0.15) is 0 Å². The Balaban J connectivity index is 1.65. The molecule has 0 N–H and O–H groups in total. The van der Waals surface area contributed by atoms with Crippen LogP contribution in [-0.2, 0) is 0 Å². The molecule has 0 fully saturated rings. The summed E-state index contributed by atoms with van der Waals surface area (Å²) in [5.74, 6) is 1.15. The van der Waals surface area contributed by atoms with E-state index in [4.69, 9.17) is 9.47 Å². The van der Waals surface area contributed by atoms with Gasteiger partial charge in [0.25, 0.3) is 0 Å². The molecule has 4 heteroatoms. The van der Waals surface area contributed by atoms with Gasteiger partial charge in [0.2, 0.25) is 6.79 Å². The number of carbonyl (C=O) groups is 2. The molecule has 112 valence electrons. The van der Waals surface area contributed by atoms with Gasteiger partial charge < -0.3 is 9.47 Å². The van der Waals surface area contributed by atoms with Crippen LogP contribution >= 0.6 is 0 Å². The van der Waals surface area contributed by atoms with Crippen molar-refractivity contribution in [1.82, 2.24) is 0 Å². The Hall–Kier alpha value is -2.62. The van der Waals surface area contributed by atoms with E-state index in [1.54, 1.807) is 24.3 Å². The van der Waals surface area contributed by atoms with Crippen molar-refractivity contribution in [3.8, 4) is 11.5 Å². The van der Waals surface area contributed by atoms with E-state index in [1.165, 1.54) is 0 Å². The van der Waals surface area contributed by atoms with Gasteiger partial charge in [0, 0.05) is 24.0 Å². The first-order valence-electron chi connectivity index (χ1n) is 7.17. The molecule has 2 aromatic rings. The SMILES string of the molecule is Cc1ccccc1C(=O)CCC(=O)c1ccc2c(c1)OCO2. The first-order chi connectivity index (χ1) is 10.6. The minimum atomic E-state index is -0.0692. The van der Waals surface area contributed by atoms with Crippen LogP contribution in [0.4, 0.5) is 0 Å². The normalized spacial score (nSPS) is 12.2. The predicted molar refractivity (Wildman–Crippen MR) is 81.6 cm³/mol. The number of rotatable bonds is 5. The summed E-state index contributed by atoms with van der Waals surface area (Å²) in [6.45, 7) is 2.08. The van der Waals surface area contributed by atoms with Crippen molar-refractivity contribution < 1.29 is 19.1 Å². The molecule has 4 nitrogen and oxygen atoms in total. The molecule has 0 radical (unpaired) electrons. The molecule has 22 heavy (non-hydrogen) atoms. The maximum atomic E-state index is 12.2. The van der Waals surface area contributed by atoms with E-state index in [9.17, 15) is 9.59 Å². The number of hydrogen-bond donors (Lipinski definition) is 0. The molecule has 3 rings (SSSR count). The van der Waals surface area contributed by atoms with Crippen molar-refractivity contribution in [3.05, 3.63) is 59.2 Å². The second kappa shape index (κ2) is 6.02. The molecule has 0 aromatic heterocycles. The third-order valence-electron chi connectivity index (χ3n) is 3.72. The van der Waals surface area contributed by atoms with Gasteiger partial charge >= 0.3 is 0 Å². The van der Waals surface area contributed by atoms with Gasteiger partial charge in [-0.15, -0.1) is 0 Å². The minimum absolute atomic E-state index is 0.00723. The van der Waals surface area contributed by atoms with Gasteiger partial charge in [-0.05, 0) is 30.7 Å². The highest BCUT2D eigenvalue weighted by atomic mass is 16.7. The number of carbonyl (C=O) groups excluding carboxylic acids is 2. The number of aryl methyl sites for hydroxylation is 1. The quantitative estimate of drug-likeness (QED) is 0.791. The minimum Gasteiger partial charge on any atom is -0.454 e. The maximum absolute atomic E-state index is 12.2. The summed E-state index contributed by atoms with van der Waals surface area (Å²) < 4.78 is 10.5. The van der Waals surface area contributed by atoms with Crippen LogP contribution in [0.5, 0.6) is 11.5 Å². The van der Waals surface area contributed by atoms with Crippen molar-refractivity contribution >= 4 is 11.6 Å².